The maximum Gasteiger partial charge on any atom is 0.508 e. The number of unbranched alkanes of at least 4 members (excludes halogenated alkanes) is 6. The Morgan fingerprint density at radius 3 is 1.25 bits per heavy atom. The molecule has 0 aliphatic rings. The van der Waals surface area contributed by atoms with Gasteiger partial charge in [0, 0.05) is 0 Å². The zero-order valence-electron chi connectivity index (χ0n) is 21.8. The van der Waals surface area contributed by atoms with Crippen LogP contribution in [0.5, 0.6) is 0 Å². The summed E-state index contributed by atoms with van der Waals surface area (Å²) in [6.45, 7) is 7.74. The van der Waals surface area contributed by atoms with Gasteiger partial charge in [0.05, 0.1) is 13.2 Å². The van der Waals surface area contributed by atoms with Crippen LogP contribution in [0.3, 0.4) is 0 Å². The fraction of sp³-hybridized carbons (Fsp3) is 0.483. The van der Waals surface area contributed by atoms with E-state index < -0.39 is 12.3 Å². The van der Waals surface area contributed by atoms with Crippen LogP contribution in [0.15, 0.2) is 60.7 Å². The fourth-order valence-corrected chi connectivity index (χ4v) is 2.89. The quantitative estimate of drug-likeness (QED) is 0.193. The van der Waals surface area contributed by atoms with E-state index in [4.69, 9.17) is 23.7 Å². The maximum absolute atomic E-state index is 11.2. The number of rotatable bonds is 14. The lowest BCUT2D eigenvalue weighted by molar-refractivity contribution is -0.0980. The highest BCUT2D eigenvalue weighted by Gasteiger charge is 2.04. The highest BCUT2D eigenvalue weighted by Crippen LogP contribution is 2.04. The molecule has 0 bridgehead atoms. The van der Waals surface area contributed by atoms with E-state index in [1.807, 2.05) is 67.5 Å². The van der Waals surface area contributed by atoms with Crippen molar-refractivity contribution in [2.45, 2.75) is 78.4 Å². The summed E-state index contributed by atoms with van der Waals surface area (Å²) in [7, 11) is 0. The van der Waals surface area contributed by atoms with Gasteiger partial charge in [0.1, 0.15) is 20.0 Å². The predicted octanol–water partition coefficient (Wildman–Crippen LogP) is 7.66. The summed E-state index contributed by atoms with van der Waals surface area (Å²) in [4.78, 5) is 30.4. The minimum absolute atomic E-state index is 0.272. The molecule has 0 saturated carbocycles. The lowest BCUT2D eigenvalue weighted by Gasteiger charge is -2.06. The molecular formula is C29H42O7. The smallest absolute Gasteiger partial charge is 0.434 e. The van der Waals surface area contributed by atoms with Crippen LogP contribution < -0.4 is 0 Å². The standard InChI is InChI=1S/2C14H20O3.CH2O/c2*1-2-3-4-8-11-16-14(15)17-12-13-9-6-5-7-10-13;1-2/h2*5-7,9-10H,2-4,8,11-12H2,1H3;1H2. The summed E-state index contributed by atoms with van der Waals surface area (Å²) in [5.74, 6) is 0. The van der Waals surface area contributed by atoms with Gasteiger partial charge in [-0.3, -0.25) is 0 Å². The average Bonchev–Trinajstić information content (AvgIpc) is 2.93. The van der Waals surface area contributed by atoms with Crippen molar-refractivity contribution in [1.29, 1.82) is 0 Å². The summed E-state index contributed by atoms with van der Waals surface area (Å²) in [6, 6.07) is 19.1. The molecule has 0 spiro atoms. The molecule has 0 N–H and O–H groups in total. The Kier molecular flexibility index (Phi) is 22.5. The number of benzene rings is 2. The van der Waals surface area contributed by atoms with E-state index in [0.29, 0.717) is 13.2 Å². The predicted molar refractivity (Wildman–Crippen MR) is 141 cm³/mol. The average molecular weight is 503 g/mol. The molecule has 0 unspecified atom stereocenters. The van der Waals surface area contributed by atoms with Crippen molar-refractivity contribution in [2.75, 3.05) is 13.2 Å². The number of hydrogen-bond donors (Lipinski definition) is 0. The first-order valence-electron chi connectivity index (χ1n) is 12.6. The van der Waals surface area contributed by atoms with Crippen LogP contribution in [0.1, 0.15) is 76.3 Å². The normalized spacial score (nSPS) is 9.50. The molecule has 0 heterocycles. The lowest BCUT2D eigenvalue weighted by atomic mass is 10.2. The van der Waals surface area contributed by atoms with Crippen molar-refractivity contribution < 1.29 is 33.3 Å². The minimum Gasteiger partial charge on any atom is -0.434 e. The molecule has 0 saturated heterocycles. The highest BCUT2D eigenvalue weighted by atomic mass is 16.7. The third kappa shape index (κ3) is 20.1. The zero-order valence-corrected chi connectivity index (χ0v) is 21.8. The van der Waals surface area contributed by atoms with Crippen molar-refractivity contribution in [1.82, 2.24) is 0 Å². The van der Waals surface area contributed by atoms with Gasteiger partial charge in [-0.25, -0.2) is 9.59 Å². The van der Waals surface area contributed by atoms with E-state index >= 15 is 0 Å². The van der Waals surface area contributed by atoms with Gasteiger partial charge in [-0.1, -0.05) is 113 Å². The Balaban J connectivity index is 0.000000637. The second-order valence-electron chi connectivity index (χ2n) is 7.87. The van der Waals surface area contributed by atoms with Crippen LogP contribution in [0.2, 0.25) is 0 Å². The van der Waals surface area contributed by atoms with Crippen LogP contribution in [-0.4, -0.2) is 32.3 Å². The van der Waals surface area contributed by atoms with Crippen molar-refractivity contribution in [2.24, 2.45) is 0 Å². The van der Waals surface area contributed by atoms with Gasteiger partial charge in [-0.05, 0) is 24.0 Å². The Hall–Kier alpha value is -3.35. The molecule has 36 heavy (non-hydrogen) atoms. The summed E-state index contributed by atoms with van der Waals surface area (Å²) in [6.07, 6.45) is 7.59. The topological polar surface area (TPSA) is 88.1 Å². The molecule has 200 valence electrons. The van der Waals surface area contributed by atoms with E-state index in [1.54, 1.807) is 0 Å². The van der Waals surface area contributed by atoms with Gasteiger partial charge in [-0.15, -0.1) is 0 Å². The van der Waals surface area contributed by atoms with Gasteiger partial charge >= 0.3 is 12.3 Å². The molecule has 0 radical (unpaired) electrons. The molecule has 2 aromatic rings. The van der Waals surface area contributed by atoms with Crippen LogP contribution in [-0.2, 0) is 37.0 Å². The largest absolute Gasteiger partial charge is 0.508 e. The highest BCUT2D eigenvalue weighted by molar-refractivity contribution is 5.60. The summed E-state index contributed by atoms with van der Waals surface area (Å²) < 4.78 is 19.8. The van der Waals surface area contributed by atoms with Gasteiger partial charge in [-0.2, -0.15) is 0 Å². The van der Waals surface area contributed by atoms with Gasteiger partial charge < -0.3 is 23.7 Å². The second kappa shape index (κ2) is 24.8. The van der Waals surface area contributed by atoms with Crippen LogP contribution in [0.25, 0.3) is 0 Å². The second-order valence-corrected chi connectivity index (χ2v) is 7.87. The summed E-state index contributed by atoms with van der Waals surface area (Å²) >= 11 is 0. The number of ether oxygens (including phenoxy) is 4. The van der Waals surface area contributed by atoms with E-state index in [0.717, 1.165) is 36.8 Å². The first-order valence-corrected chi connectivity index (χ1v) is 12.6. The summed E-state index contributed by atoms with van der Waals surface area (Å²) in [5.41, 5.74) is 1.94. The maximum atomic E-state index is 11.2. The molecule has 0 aliphatic carbocycles. The minimum atomic E-state index is -0.578. The molecule has 0 aromatic heterocycles. The zero-order chi connectivity index (χ0) is 26.7. The van der Waals surface area contributed by atoms with E-state index in [-0.39, 0.29) is 13.2 Å². The Bertz CT molecular complexity index is 700. The lowest BCUT2D eigenvalue weighted by Crippen LogP contribution is -2.08. The third-order valence-corrected chi connectivity index (χ3v) is 4.83. The first-order chi connectivity index (χ1) is 17.7. The van der Waals surface area contributed by atoms with Crippen molar-refractivity contribution in [3.8, 4) is 0 Å². The van der Waals surface area contributed by atoms with Crippen molar-refractivity contribution in [3.63, 3.8) is 0 Å². The number of hydrogen-bond acceptors (Lipinski definition) is 7. The first kappa shape index (κ1) is 32.6. The SMILES string of the molecule is C=O.CCCCCCOC(=O)OCc1ccccc1.CCCCCCOC(=O)OCc1ccccc1. The van der Waals surface area contributed by atoms with E-state index in [9.17, 15) is 9.59 Å². The molecule has 0 fully saturated rings. The fourth-order valence-electron chi connectivity index (χ4n) is 2.89. The molecule has 7 nitrogen and oxygen atoms in total. The molecule has 0 amide bonds. The van der Waals surface area contributed by atoms with Gasteiger partial charge in [0.2, 0.25) is 0 Å². The van der Waals surface area contributed by atoms with E-state index in [1.165, 1.54) is 25.7 Å². The van der Waals surface area contributed by atoms with E-state index in [2.05, 4.69) is 13.8 Å². The van der Waals surface area contributed by atoms with Crippen LogP contribution in [0, 0.1) is 0 Å². The van der Waals surface area contributed by atoms with Gasteiger partial charge in [0.25, 0.3) is 0 Å². The third-order valence-electron chi connectivity index (χ3n) is 4.83. The summed E-state index contributed by atoms with van der Waals surface area (Å²) in [5, 5.41) is 0. The molecule has 2 aromatic carbocycles. The Morgan fingerprint density at radius 1 is 0.556 bits per heavy atom. The van der Waals surface area contributed by atoms with Crippen LogP contribution >= 0.6 is 0 Å². The van der Waals surface area contributed by atoms with Crippen molar-refractivity contribution >= 4 is 19.1 Å². The molecule has 7 heteroatoms. The molecule has 2 rings (SSSR count). The van der Waals surface area contributed by atoms with Crippen LogP contribution in [0.4, 0.5) is 9.59 Å². The number of carbonyl (C=O) groups excluding carboxylic acids is 3. The van der Waals surface area contributed by atoms with Gasteiger partial charge in [0.15, 0.2) is 0 Å². The monoisotopic (exact) mass is 502 g/mol. The molecule has 0 atom stereocenters. The number of carbonyl (C=O) groups is 3. The Labute approximate surface area is 216 Å². The Morgan fingerprint density at radius 2 is 0.917 bits per heavy atom. The molecule has 0 aliphatic heterocycles. The van der Waals surface area contributed by atoms with Crippen molar-refractivity contribution in [3.05, 3.63) is 71.8 Å². The molecular weight excluding hydrogens is 460 g/mol.